The molecular weight excluding hydrogens is 280 g/mol. The largest absolute Gasteiger partial charge is 0.487 e. The fourth-order valence-electron chi connectivity index (χ4n) is 1.99. The van der Waals surface area contributed by atoms with E-state index in [1.807, 2.05) is 18.2 Å². The maximum atomic E-state index is 9.12. The number of hydrogen-bond donors (Lipinski definition) is 1. The third kappa shape index (κ3) is 2.80. The van der Waals surface area contributed by atoms with Gasteiger partial charge in [-0.3, -0.25) is 0 Å². The van der Waals surface area contributed by atoms with E-state index in [9.17, 15) is 0 Å². The SMILES string of the molecule is CC1CCNCC1Oc1cccc(Br)c1C#N. The molecule has 0 spiro atoms. The highest BCUT2D eigenvalue weighted by molar-refractivity contribution is 9.10. The molecule has 1 aliphatic rings. The Morgan fingerprint density at radius 2 is 2.35 bits per heavy atom. The fraction of sp³-hybridized carbons (Fsp3) is 0.462. The van der Waals surface area contributed by atoms with Crippen molar-refractivity contribution in [1.82, 2.24) is 5.32 Å². The van der Waals surface area contributed by atoms with Crippen molar-refractivity contribution in [2.45, 2.75) is 19.4 Å². The van der Waals surface area contributed by atoms with Crippen LogP contribution in [0.5, 0.6) is 5.75 Å². The van der Waals surface area contributed by atoms with E-state index in [0.29, 0.717) is 17.2 Å². The van der Waals surface area contributed by atoms with Crippen LogP contribution in [0.3, 0.4) is 0 Å². The molecule has 1 fully saturated rings. The van der Waals surface area contributed by atoms with Gasteiger partial charge in [-0.25, -0.2) is 0 Å². The normalized spacial score (nSPS) is 24.1. The van der Waals surface area contributed by atoms with Crippen LogP contribution in [0.4, 0.5) is 0 Å². The average Bonchev–Trinajstić information content (AvgIpc) is 2.32. The minimum absolute atomic E-state index is 0.144. The maximum Gasteiger partial charge on any atom is 0.138 e. The summed E-state index contributed by atoms with van der Waals surface area (Å²) in [7, 11) is 0. The van der Waals surface area contributed by atoms with Gasteiger partial charge in [0.15, 0.2) is 0 Å². The molecule has 17 heavy (non-hydrogen) atoms. The first-order chi connectivity index (χ1) is 8.22. The highest BCUT2D eigenvalue weighted by Gasteiger charge is 2.23. The van der Waals surface area contributed by atoms with E-state index in [4.69, 9.17) is 10.00 Å². The smallest absolute Gasteiger partial charge is 0.138 e. The molecular formula is C13H15BrN2O. The molecule has 2 atom stereocenters. The second-order valence-corrected chi connectivity index (χ2v) is 5.21. The van der Waals surface area contributed by atoms with Gasteiger partial charge in [-0.2, -0.15) is 5.26 Å². The molecule has 0 aromatic heterocycles. The molecule has 1 heterocycles. The molecule has 2 unspecified atom stereocenters. The summed E-state index contributed by atoms with van der Waals surface area (Å²) in [6.07, 6.45) is 1.26. The number of benzene rings is 1. The Morgan fingerprint density at radius 3 is 3.06 bits per heavy atom. The lowest BCUT2D eigenvalue weighted by atomic mass is 9.97. The first-order valence-corrected chi connectivity index (χ1v) is 6.57. The molecule has 90 valence electrons. The van der Waals surface area contributed by atoms with Crippen LogP contribution in [-0.2, 0) is 0 Å². The number of rotatable bonds is 2. The van der Waals surface area contributed by atoms with Crippen molar-refractivity contribution in [1.29, 1.82) is 5.26 Å². The fourth-order valence-corrected chi connectivity index (χ4v) is 2.43. The summed E-state index contributed by atoms with van der Waals surface area (Å²) in [6.45, 7) is 4.08. The molecule has 0 bridgehead atoms. The average molecular weight is 295 g/mol. The highest BCUT2D eigenvalue weighted by Crippen LogP contribution is 2.28. The third-order valence-electron chi connectivity index (χ3n) is 3.12. The van der Waals surface area contributed by atoms with Crippen molar-refractivity contribution < 1.29 is 4.74 Å². The Morgan fingerprint density at radius 1 is 1.53 bits per heavy atom. The number of hydrogen-bond acceptors (Lipinski definition) is 3. The van der Waals surface area contributed by atoms with Crippen LogP contribution < -0.4 is 10.1 Å². The molecule has 3 nitrogen and oxygen atoms in total. The van der Waals surface area contributed by atoms with Crippen LogP contribution in [0.15, 0.2) is 22.7 Å². The minimum atomic E-state index is 0.144. The molecule has 1 aliphatic heterocycles. The van der Waals surface area contributed by atoms with Gasteiger partial charge in [0.1, 0.15) is 23.5 Å². The first-order valence-electron chi connectivity index (χ1n) is 5.78. The van der Waals surface area contributed by atoms with E-state index >= 15 is 0 Å². The van der Waals surface area contributed by atoms with Crippen LogP contribution in [0.2, 0.25) is 0 Å². The lowest BCUT2D eigenvalue weighted by Crippen LogP contribution is -2.42. The number of ether oxygens (including phenoxy) is 1. The van der Waals surface area contributed by atoms with E-state index in [2.05, 4.69) is 34.2 Å². The molecule has 4 heteroatoms. The van der Waals surface area contributed by atoms with Gasteiger partial charge in [0.2, 0.25) is 0 Å². The highest BCUT2D eigenvalue weighted by atomic mass is 79.9. The predicted octanol–water partition coefficient (Wildman–Crippen LogP) is 2.70. The van der Waals surface area contributed by atoms with Gasteiger partial charge < -0.3 is 10.1 Å². The Bertz CT molecular complexity index is 442. The monoisotopic (exact) mass is 294 g/mol. The zero-order chi connectivity index (χ0) is 12.3. The standard InChI is InChI=1S/C13H15BrN2O/c1-9-5-6-16-8-13(9)17-12-4-2-3-11(14)10(12)7-15/h2-4,9,13,16H,5-6,8H2,1H3. The zero-order valence-corrected chi connectivity index (χ0v) is 11.3. The van der Waals surface area contributed by atoms with Crippen LogP contribution in [-0.4, -0.2) is 19.2 Å². The number of halogens is 1. The number of nitrogens with zero attached hydrogens (tertiary/aromatic N) is 1. The molecule has 1 saturated heterocycles. The van der Waals surface area contributed by atoms with Crippen LogP contribution >= 0.6 is 15.9 Å². The molecule has 1 aromatic carbocycles. The second-order valence-electron chi connectivity index (χ2n) is 4.35. The van der Waals surface area contributed by atoms with Crippen molar-refractivity contribution in [3.05, 3.63) is 28.2 Å². The molecule has 1 aromatic rings. The topological polar surface area (TPSA) is 45.0 Å². The Balaban J connectivity index is 2.18. The summed E-state index contributed by atoms with van der Waals surface area (Å²) >= 11 is 3.37. The summed E-state index contributed by atoms with van der Waals surface area (Å²) in [5, 5.41) is 12.4. The van der Waals surface area contributed by atoms with Gasteiger partial charge in [-0.1, -0.05) is 13.0 Å². The lowest BCUT2D eigenvalue weighted by Gasteiger charge is -2.30. The molecule has 1 N–H and O–H groups in total. The van der Waals surface area contributed by atoms with Gasteiger partial charge in [0.05, 0.1) is 0 Å². The third-order valence-corrected chi connectivity index (χ3v) is 3.78. The molecule has 0 radical (unpaired) electrons. The van der Waals surface area contributed by atoms with E-state index in [-0.39, 0.29) is 6.10 Å². The summed E-state index contributed by atoms with van der Waals surface area (Å²) in [6, 6.07) is 7.77. The zero-order valence-electron chi connectivity index (χ0n) is 9.74. The molecule has 0 saturated carbocycles. The van der Waals surface area contributed by atoms with Gasteiger partial charge in [-0.15, -0.1) is 0 Å². The summed E-state index contributed by atoms with van der Waals surface area (Å²) in [5.41, 5.74) is 0.574. The van der Waals surface area contributed by atoms with E-state index in [0.717, 1.165) is 24.0 Å². The van der Waals surface area contributed by atoms with Gasteiger partial charge in [-0.05, 0) is 46.9 Å². The van der Waals surface area contributed by atoms with Crippen molar-refractivity contribution >= 4 is 15.9 Å². The van der Waals surface area contributed by atoms with E-state index in [1.165, 1.54) is 0 Å². The van der Waals surface area contributed by atoms with E-state index < -0.39 is 0 Å². The molecule has 0 aliphatic carbocycles. The second kappa shape index (κ2) is 5.52. The van der Waals surface area contributed by atoms with Crippen LogP contribution in [0.25, 0.3) is 0 Å². The van der Waals surface area contributed by atoms with Gasteiger partial charge >= 0.3 is 0 Å². The number of piperidine rings is 1. The minimum Gasteiger partial charge on any atom is -0.487 e. The van der Waals surface area contributed by atoms with Crippen LogP contribution in [0, 0.1) is 17.2 Å². The first kappa shape index (κ1) is 12.4. The number of nitrogens with one attached hydrogen (secondary N) is 1. The summed E-state index contributed by atoms with van der Waals surface area (Å²) in [4.78, 5) is 0. The Hall–Kier alpha value is -1.05. The van der Waals surface area contributed by atoms with Crippen molar-refractivity contribution in [2.75, 3.05) is 13.1 Å². The quantitative estimate of drug-likeness (QED) is 0.912. The van der Waals surface area contributed by atoms with Crippen molar-refractivity contribution in [3.63, 3.8) is 0 Å². The summed E-state index contributed by atoms with van der Waals surface area (Å²) in [5.74, 6) is 1.18. The Labute approximate surface area is 110 Å². The van der Waals surface area contributed by atoms with Crippen LogP contribution in [0.1, 0.15) is 18.9 Å². The van der Waals surface area contributed by atoms with E-state index in [1.54, 1.807) is 0 Å². The summed E-state index contributed by atoms with van der Waals surface area (Å²) < 4.78 is 6.74. The van der Waals surface area contributed by atoms with Gasteiger partial charge in [0.25, 0.3) is 0 Å². The number of nitriles is 1. The van der Waals surface area contributed by atoms with Crippen molar-refractivity contribution in [2.24, 2.45) is 5.92 Å². The lowest BCUT2D eigenvalue weighted by molar-refractivity contribution is 0.114. The Kier molecular flexibility index (Phi) is 4.03. The van der Waals surface area contributed by atoms with Crippen molar-refractivity contribution in [3.8, 4) is 11.8 Å². The molecule has 2 rings (SSSR count). The van der Waals surface area contributed by atoms with Gasteiger partial charge in [0, 0.05) is 11.0 Å². The predicted molar refractivity (Wildman–Crippen MR) is 69.9 cm³/mol. The maximum absolute atomic E-state index is 9.12. The molecule has 0 amide bonds.